The van der Waals surface area contributed by atoms with Gasteiger partial charge in [-0.1, -0.05) is 30.3 Å². The van der Waals surface area contributed by atoms with E-state index < -0.39 is 0 Å². The first kappa shape index (κ1) is 11.6. The van der Waals surface area contributed by atoms with Crippen LogP contribution in [-0.4, -0.2) is 10.8 Å². The number of hydrogen-bond acceptors (Lipinski definition) is 4. The summed E-state index contributed by atoms with van der Waals surface area (Å²) in [5.74, 6) is 0.654. The Morgan fingerprint density at radius 3 is 2.83 bits per heavy atom. The van der Waals surface area contributed by atoms with Gasteiger partial charge in [0.15, 0.2) is 5.78 Å². The Hall–Kier alpha value is -1.52. The molecule has 2 aromatic rings. The molecule has 3 nitrogen and oxygen atoms in total. The average molecular weight is 258 g/mol. The predicted octanol–water partition coefficient (Wildman–Crippen LogP) is 2.59. The summed E-state index contributed by atoms with van der Waals surface area (Å²) in [6.07, 6.45) is 0.943. The number of benzene rings is 1. The summed E-state index contributed by atoms with van der Waals surface area (Å²) in [6.45, 7) is 0.407. The molecule has 3 rings (SSSR count). The molecular weight excluding hydrogens is 244 g/mol. The molecule has 0 bridgehead atoms. The van der Waals surface area contributed by atoms with Crippen molar-refractivity contribution < 1.29 is 4.79 Å². The van der Waals surface area contributed by atoms with Gasteiger partial charge in [0.2, 0.25) is 0 Å². The van der Waals surface area contributed by atoms with Crippen molar-refractivity contribution >= 4 is 17.1 Å². The molecule has 1 heterocycles. The van der Waals surface area contributed by atoms with E-state index in [-0.39, 0.29) is 11.7 Å². The van der Waals surface area contributed by atoms with Crippen LogP contribution in [0.15, 0.2) is 35.7 Å². The fourth-order valence-corrected chi connectivity index (χ4v) is 2.92. The third kappa shape index (κ3) is 2.09. The summed E-state index contributed by atoms with van der Waals surface area (Å²) in [7, 11) is 0. The first-order valence-electron chi connectivity index (χ1n) is 6.03. The fourth-order valence-electron chi connectivity index (χ4n) is 2.26. The van der Waals surface area contributed by atoms with E-state index in [0.717, 1.165) is 11.4 Å². The minimum Gasteiger partial charge on any atom is -0.325 e. The Kier molecular flexibility index (Phi) is 2.97. The minimum atomic E-state index is 0.111. The number of aromatic nitrogens is 1. The van der Waals surface area contributed by atoms with Gasteiger partial charge >= 0.3 is 0 Å². The number of ketones is 1. The third-order valence-corrected chi connectivity index (χ3v) is 4.20. The Morgan fingerprint density at radius 2 is 2.17 bits per heavy atom. The van der Waals surface area contributed by atoms with Crippen LogP contribution in [0.3, 0.4) is 0 Å². The molecule has 1 aromatic carbocycles. The third-order valence-electron chi connectivity index (χ3n) is 3.33. The van der Waals surface area contributed by atoms with Crippen LogP contribution in [-0.2, 0) is 6.54 Å². The van der Waals surface area contributed by atoms with E-state index in [4.69, 9.17) is 5.73 Å². The van der Waals surface area contributed by atoms with Gasteiger partial charge in [0.25, 0.3) is 0 Å². The largest absolute Gasteiger partial charge is 0.325 e. The number of carbonyl (C=O) groups is 1. The number of Topliss-reactive ketones (excluding diaryl/α,β-unsaturated/α-hetero) is 1. The van der Waals surface area contributed by atoms with Gasteiger partial charge in [-0.2, -0.15) is 0 Å². The summed E-state index contributed by atoms with van der Waals surface area (Å²) in [6, 6.07) is 10.2. The lowest BCUT2D eigenvalue weighted by molar-refractivity contribution is 0.0961. The van der Waals surface area contributed by atoms with Gasteiger partial charge in [-0.25, -0.2) is 4.98 Å². The van der Waals surface area contributed by atoms with Gasteiger partial charge in [-0.3, -0.25) is 4.79 Å². The van der Waals surface area contributed by atoms with Gasteiger partial charge in [0.1, 0.15) is 10.7 Å². The second-order valence-electron chi connectivity index (χ2n) is 4.55. The molecule has 18 heavy (non-hydrogen) atoms. The average Bonchev–Trinajstić information content (AvgIpc) is 3.08. The highest BCUT2D eigenvalue weighted by molar-refractivity contribution is 7.09. The molecule has 1 fully saturated rings. The van der Waals surface area contributed by atoms with Crippen LogP contribution in [0.25, 0.3) is 0 Å². The molecule has 2 N–H and O–H groups in total. The van der Waals surface area contributed by atoms with Gasteiger partial charge < -0.3 is 5.73 Å². The van der Waals surface area contributed by atoms with E-state index in [9.17, 15) is 4.79 Å². The standard InChI is InChI=1S/C14H14N2OS/c15-7-13-16-12(8-18-13)14(17)11-6-10(11)9-4-2-1-3-5-9/h1-5,8,10-11H,6-7,15H2. The van der Waals surface area contributed by atoms with E-state index >= 15 is 0 Å². The zero-order valence-corrected chi connectivity index (χ0v) is 10.7. The summed E-state index contributed by atoms with van der Waals surface area (Å²) in [5, 5.41) is 2.65. The van der Waals surface area contributed by atoms with Crippen LogP contribution in [0.4, 0.5) is 0 Å². The molecule has 1 aromatic heterocycles. The maximum Gasteiger partial charge on any atom is 0.185 e. The van der Waals surface area contributed by atoms with Crippen molar-refractivity contribution in [3.8, 4) is 0 Å². The lowest BCUT2D eigenvalue weighted by atomic mass is 10.1. The maximum absolute atomic E-state index is 12.2. The number of rotatable bonds is 4. The molecular formula is C14H14N2OS. The van der Waals surface area contributed by atoms with Crippen LogP contribution >= 0.6 is 11.3 Å². The number of thiazole rings is 1. The van der Waals surface area contributed by atoms with Gasteiger partial charge in [-0.15, -0.1) is 11.3 Å². The van der Waals surface area contributed by atoms with Crippen LogP contribution in [0, 0.1) is 5.92 Å². The Morgan fingerprint density at radius 1 is 1.39 bits per heavy atom. The first-order chi connectivity index (χ1) is 8.79. The molecule has 1 aliphatic carbocycles. The minimum absolute atomic E-state index is 0.111. The molecule has 0 radical (unpaired) electrons. The molecule has 92 valence electrons. The van der Waals surface area contributed by atoms with Gasteiger partial charge in [-0.05, 0) is 17.9 Å². The first-order valence-corrected chi connectivity index (χ1v) is 6.91. The van der Waals surface area contributed by atoms with Crippen molar-refractivity contribution in [3.05, 3.63) is 52.0 Å². The molecule has 0 spiro atoms. The highest BCUT2D eigenvalue weighted by Gasteiger charge is 2.44. The van der Waals surface area contributed by atoms with Gasteiger partial charge in [0.05, 0.1) is 0 Å². The Bertz CT molecular complexity index is 564. The normalized spacial score (nSPS) is 21.8. The number of carbonyl (C=O) groups excluding carboxylic acids is 1. The van der Waals surface area contributed by atoms with Crippen LogP contribution in [0.2, 0.25) is 0 Å². The molecule has 0 aliphatic heterocycles. The maximum atomic E-state index is 12.2. The predicted molar refractivity (Wildman–Crippen MR) is 71.6 cm³/mol. The quantitative estimate of drug-likeness (QED) is 0.858. The molecule has 2 unspecified atom stereocenters. The molecule has 4 heteroatoms. The Balaban J connectivity index is 1.73. The van der Waals surface area contributed by atoms with E-state index in [1.807, 2.05) is 23.6 Å². The van der Waals surface area contributed by atoms with Crippen LogP contribution in [0.1, 0.15) is 33.4 Å². The second-order valence-corrected chi connectivity index (χ2v) is 5.50. The summed E-state index contributed by atoms with van der Waals surface area (Å²) in [5.41, 5.74) is 7.35. The molecule has 1 aliphatic rings. The SMILES string of the molecule is NCc1nc(C(=O)C2CC2c2ccccc2)cs1. The number of nitrogens with two attached hydrogens (primary N) is 1. The van der Waals surface area contributed by atoms with Crippen LogP contribution in [0.5, 0.6) is 0 Å². The fraction of sp³-hybridized carbons (Fsp3) is 0.286. The van der Waals surface area contributed by atoms with Crippen molar-refractivity contribution in [1.29, 1.82) is 0 Å². The van der Waals surface area contributed by atoms with E-state index in [2.05, 4.69) is 17.1 Å². The highest BCUT2D eigenvalue weighted by atomic mass is 32.1. The lowest BCUT2D eigenvalue weighted by Gasteiger charge is -1.98. The van der Waals surface area contributed by atoms with Crippen molar-refractivity contribution in [2.24, 2.45) is 11.7 Å². The zero-order chi connectivity index (χ0) is 12.5. The second kappa shape index (κ2) is 4.63. The topological polar surface area (TPSA) is 56.0 Å². The molecule has 1 saturated carbocycles. The number of hydrogen-bond donors (Lipinski definition) is 1. The van der Waals surface area contributed by atoms with Crippen molar-refractivity contribution in [3.63, 3.8) is 0 Å². The van der Waals surface area contributed by atoms with E-state index in [1.54, 1.807) is 0 Å². The van der Waals surface area contributed by atoms with Crippen LogP contribution < -0.4 is 5.73 Å². The summed E-state index contributed by atoms with van der Waals surface area (Å²) in [4.78, 5) is 16.5. The monoisotopic (exact) mass is 258 g/mol. The highest BCUT2D eigenvalue weighted by Crippen LogP contribution is 2.49. The molecule has 0 saturated heterocycles. The molecule has 0 amide bonds. The smallest absolute Gasteiger partial charge is 0.185 e. The Labute approximate surface area is 110 Å². The van der Waals surface area contributed by atoms with Crippen molar-refractivity contribution in [2.75, 3.05) is 0 Å². The lowest BCUT2D eigenvalue weighted by Crippen LogP contribution is -2.05. The summed E-state index contributed by atoms with van der Waals surface area (Å²) < 4.78 is 0. The molecule has 2 atom stereocenters. The zero-order valence-electron chi connectivity index (χ0n) is 9.87. The summed E-state index contributed by atoms with van der Waals surface area (Å²) >= 11 is 1.46. The van der Waals surface area contributed by atoms with E-state index in [1.165, 1.54) is 16.9 Å². The number of nitrogens with zero attached hydrogens (tertiary/aromatic N) is 1. The van der Waals surface area contributed by atoms with Crippen molar-refractivity contribution in [1.82, 2.24) is 4.98 Å². The van der Waals surface area contributed by atoms with E-state index in [0.29, 0.717) is 18.2 Å². The van der Waals surface area contributed by atoms with Crippen molar-refractivity contribution in [2.45, 2.75) is 18.9 Å². The van der Waals surface area contributed by atoms with Gasteiger partial charge in [0, 0.05) is 17.8 Å².